The van der Waals surface area contributed by atoms with E-state index in [0.717, 1.165) is 0 Å². The molecule has 0 saturated carbocycles. The van der Waals surface area contributed by atoms with Crippen LogP contribution in [0.25, 0.3) is 0 Å². The topological polar surface area (TPSA) is 77.2 Å². The second kappa shape index (κ2) is 5.59. The highest BCUT2D eigenvalue weighted by Crippen LogP contribution is 2.29. The first-order chi connectivity index (χ1) is 9.41. The molecule has 0 radical (unpaired) electrons. The van der Waals surface area contributed by atoms with Gasteiger partial charge in [-0.2, -0.15) is 5.26 Å². The lowest BCUT2D eigenvalue weighted by atomic mass is 9.87. The van der Waals surface area contributed by atoms with E-state index in [2.05, 4.69) is 18.8 Å². The average molecular weight is 273 g/mol. The number of pyridine rings is 1. The number of carbonyl (C=O) groups excluding carboxylic acids is 1. The van der Waals surface area contributed by atoms with Gasteiger partial charge in [0.1, 0.15) is 11.8 Å². The van der Waals surface area contributed by atoms with E-state index in [0.29, 0.717) is 37.2 Å². The van der Waals surface area contributed by atoms with Crippen LogP contribution >= 0.6 is 0 Å². The summed E-state index contributed by atoms with van der Waals surface area (Å²) in [5.74, 6) is -0.0934. The minimum atomic E-state index is -0.359. The molecule has 5 nitrogen and oxygen atoms in total. The monoisotopic (exact) mass is 273 g/mol. The van der Waals surface area contributed by atoms with Crippen LogP contribution in [0.3, 0.4) is 0 Å². The van der Waals surface area contributed by atoms with E-state index in [-0.39, 0.29) is 17.4 Å². The maximum absolute atomic E-state index is 12.5. The highest BCUT2D eigenvalue weighted by atomic mass is 16.3. The predicted octanol–water partition coefficient (Wildman–Crippen LogP) is 1.58. The first kappa shape index (κ1) is 14.5. The summed E-state index contributed by atoms with van der Waals surface area (Å²) in [6.07, 6.45) is 2.37. The van der Waals surface area contributed by atoms with Crippen molar-refractivity contribution in [2.75, 3.05) is 13.1 Å². The molecule has 1 aliphatic rings. The van der Waals surface area contributed by atoms with Gasteiger partial charge in [-0.1, -0.05) is 13.8 Å². The van der Waals surface area contributed by atoms with E-state index in [1.54, 1.807) is 17.0 Å². The Labute approximate surface area is 118 Å². The standard InChI is InChI=1S/C15H19N3O2/c1-15(2)7-13(19)5-6-18(10-15)14(20)11-3-4-12(8-16)17-9-11/h3-4,9,13,19H,5-7,10H2,1-2H3/t13-/m0/s1. The van der Waals surface area contributed by atoms with Crippen LogP contribution in [0.2, 0.25) is 0 Å². The molecular weight excluding hydrogens is 254 g/mol. The lowest BCUT2D eigenvalue weighted by Gasteiger charge is -2.29. The first-order valence-electron chi connectivity index (χ1n) is 6.75. The third-order valence-electron chi connectivity index (χ3n) is 3.55. The number of nitrogens with zero attached hydrogens (tertiary/aromatic N) is 3. The summed E-state index contributed by atoms with van der Waals surface area (Å²) in [6, 6.07) is 5.11. The van der Waals surface area contributed by atoms with Crippen molar-refractivity contribution in [3.8, 4) is 6.07 Å². The smallest absolute Gasteiger partial charge is 0.255 e. The molecule has 0 aromatic carbocycles. The molecule has 1 N–H and O–H groups in total. The number of carbonyl (C=O) groups is 1. The number of hydrogen-bond donors (Lipinski definition) is 1. The fourth-order valence-corrected chi connectivity index (χ4v) is 2.65. The third-order valence-corrected chi connectivity index (χ3v) is 3.55. The van der Waals surface area contributed by atoms with Gasteiger partial charge in [0.25, 0.3) is 5.91 Å². The zero-order valence-corrected chi connectivity index (χ0v) is 11.8. The fourth-order valence-electron chi connectivity index (χ4n) is 2.65. The van der Waals surface area contributed by atoms with Crippen LogP contribution in [0.5, 0.6) is 0 Å². The summed E-state index contributed by atoms with van der Waals surface area (Å²) >= 11 is 0. The number of amides is 1. The number of likely N-dealkylation sites (tertiary alicyclic amines) is 1. The highest BCUT2D eigenvalue weighted by molar-refractivity contribution is 5.94. The number of hydrogen-bond acceptors (Lipinski definition) is 4. The van der Waals surface area contributed by atoms with Crippen LogP contribution in [0.15, 0.2) is 18.3 Å². The Bertz CT molecular complexity index is 531. The maximum atomic E-state index is 12.5. The number of rotatable bonds is 1. The quantitative estimate of drug-likeness (QED) is 0.842. The second-order valence-corrected chi connectivity index (χ2v) is 6.08. The van der Waals surface area contributed by atoms with Crippen molar-refractivity contribution >= 4 is 5.91 Å². The van der Waals surface area contributed by atoms with Gasteiger partial charge in [0.15, 0.2) is 0 Å². The molecule has 2 heterocycles. The molecule has 1 atom stereocenters. The molecule has 20 heavy (non-hydrogen) atoms. The Balaban J connectivity index is 2.17. The van der Waals surface area contributed by atoms with E-state index >= 15 is 0 Å². The lowest BCUT2D eigenvalue weighted by Crippen LogP contribution is -2.37. The summed E-state index contributed by atoms with van der Waals surface area (Å²) in [4.78, 5) is 18.2. The summed E-state index contributed by atoms with van der Waals surface area (Å²) in [5, 5.41) is 18.6. The van der Waals surface area contributed by atoms with Gasteiger partial charge in [0.05, 0.1) is 11.7 Å². The normalized spacial score (nSPS) is 21.9. The van der Waals surface area contributed by atoms with E-state index in [9.17, 15) is 9.90 Å². The molecule has 1 saturated heterocycles. The summed E-state index contributed by atoms with van der Waals surface area (Å²) in [6.45, 7) is 5.27. The maximum Gasteiger partial charge on any atom is 0.255 e. The van der Waals surface area contributed by atoms with Crippen LogP contribution in [0.1, 0.15) is 42.7 Å². The van der Waals surface area contributed by atoms with Gasteiger partial charge in [-0.15, -0.1) is 0 Å². The fraction of sp³-hybridized carbons (Fsp3) is 0.533. The highest BCUT2D eigenvalue weighted by Gasteiger charge is 2.31. The molecule has 5 heteroatoms. The van der Waals surface area contributed by atoms with Crippen molar-refractivity contribution in [3.05, 3.63) is 29.6 Å². The summed E-state index contributed by atoms with van der Waals surface area (Å²) in [7, 11) is 0. The molecule has 1 aromatic rings. The molecule has 1 fully saturated rings. The molecule has 0 aliphatic carbocycles. The number of nitriles is 1. The number of aliphatic hydroxyl groups is 1. The van der Waals surface area contributed by atoms with E-state index in [1.807, 2.05) is 6.07 Å². The molecular formula is C15H19N3O2. The van der Waals surface area contributed by atoms with Crippen molar-refractivity contribution < 1.29 is 9.90 Å². The van der Waals surface area contributed by atoms with Crippen molar-refractivity contribution in [2.24, 2.45) is 5.41 Å². The van der Waals surface area contributed by atoms with Gasteiger partial charge >= 0.3 is 0 Å². The van der Waals surface area contributed by atoms with Crippen LogP contribution in [-0.2, 0) is 0 Å². The van der Waals surface area contributed by atoms with Gasteiger partial charge in [-0.25, -0.2) is 4.98 Å². The third kappa shape index (κ3) is 3.34. The molecule has 0 bridgehead atoms. The molecule has 1 aliphatic heterocycles. The lowest BCUT2D eigenvalue weighted by molar-refractivity contribution is 0.0704. The van der Waals surface area contributed by atoms with E-state index in [1.165, 1.54) is 6.20 Å². The van der Waals surface area contributed by atoms with Crippen LogP contribution < -0.4 is 0 Å². The molecule has 106 valence electrons. The van der Waals surface area contributed by atoms with Crippen LogP contribution in [0.4, 0.5) is 0 Å². The van der Waals surface area contributed by atoms with Gasteiger partial charge in [-0.05, 0) is 30.4 Å². The molecule has 1 aromatic heterocycles. The minimum absolute atomic E-state index is 0.0934. The molecule has 0 unspecified atom stereocenters. The van der Waals surface area contributed by atoms with Crippen molar-refractivity contribution in [1.82, 2.24) is 9.88 Å². The molecule has 1 amide bonds. The van der Waals surface area contributed by atoms with Crippen LogP contribution in [0, 0.1) is 16.7 Å². The Morgan fingerprint density at radius 2 is 2.30 bits per heavy atom. The molecule has 0 spiro atoms. The largest absolute Gasteiger partial charge is 0.393 e. The number of aliphatic hydroxyl groups excluding tert-OH is 1. The predicted molar refractivity (Wildman–Crippen MR) is 73.9 cm³/mol. The first-order valence-corrected chi connectivity index (χ1v) is 6.75. The van der Waals surface area contributed by atoms with Crippen LogP contribution in [-0.4, -0.2) is 40.1 Å². The zero-order chi connectivity index (χ0) is 14.8. The Hall–Kier alpha value is -1.93. The Morgan fingerprint density at radius 1 is 1.55 bits per heavy atom. The Kier molecular flexibility index (Phi) is 4.05. The summed E-state index contributed by atoms with van der Waals surface area (Å²) < 4.78 is 0. The van der Waals surface area contributed by atoms with Gasteiger partial charge in [0.2, 0.25) is 0 Å². The summed E-state index contributed by atoms with van der Waals surface area (Å²) in [5.41, 5.74) is 0.676. The molecule has 2 rings (SSSR count). The number of aromatic nitrogens is 1. The van der Waals surface area contributed by atoms with E-state index in [4.69, 9.17) is 5.26 Å². The second-order valence-electron chi connectivity index (χ2n) is 6.08. The minimum Gasteiger partial charge on any atom is -0.393 e. The van der Waals surface area contributed by atoms with Crippen molar-refractivity contribution in [1.29, 1.82) is 5.26 Å². The Morgan fingerprint density at radius 3 is 2.90 bits per heavy atom. The average Bonchev–Trinajstić information content (AvgIpc) is 2.55. The SMILES string of the molecule is CC1(C)C[C@@H](O)CCN(C(=O)c2ccc(C#N)nc2)C1. The van der Waals surface area contributed by atoms with Crippen molar-refractivity contribution in [2.45, 2.75) is 32.8 Å². The zero-order valence-electron chi connectivity index (χ0n) is 11.8. The van der Waals surface area contributed by atoms with Gasteiger partial charge in [-0.3, -0.25) is 4.79 Å². The van der Waals surface area contributed by atoms with Gasteiger partial charge in [0, 0.05) is 19.3 Å². The van der Waals surface area contributed by atoms with Gasteiger partial charge < -0.3 is 10.0 Å². The van der Waals surface area contributed by atoms with E-state index < -0.39 is 0 Å². The van der Waals surface area contributed by atoms with Crippen molar-refractivity contribution in [3.63, 3.8) is 0 Å².